The first-order chi connectivity index (χ1) is 38.6. The number of aromatic amines is 2. The Bertz CT molecular complexity index is 3610. The van der Waals surface area contributed by atoms with Crippen LogP contribution in [-0.2, 0) is 45.1 Å². The number of aromatic nitrogens is 8. The van der Waals surface area contributed by atoms with Crippen molar-refractivity contribution in [2.24, 2.45) is 0 Å². The minimum atomic E-state index is -5.28. The monoisotopic (exact) mass is 1210 g/mol. The number of benzene rings is 4. The number of carboxylic acids is 2. The van der Waals surface area contributed by atoms with Gasteiger partial charge in [0.15, 0.2) is 22.3 Å². The van der Waals surface area contributed by atoms with E-state index in [1.807, 2.05) is 6.92 Å². The standard InChI is InChI=1S/C26H20ClF3N6O5.C25H18ClF3N6O6.2H3N/c1-13-2-4-14(5-3-13)10-18(23(39)40)33-21(37)15-6-8-17(9-7-15)36(24(41)26(28,29)30)12-16-11-31-20-19(32-16)22(38)35-25(27)34-20;26-24-33-19-18(21(38)34-24)31-14(10-30-19)11-35(23(41)25(27,28)29)15-5-3-13(4-6-15)20(37)32-17(22(39)40)9-12-1-7-16(36)8-2-12;;/h2-9,11,18H,10,12H2,1H3,(H,33,37)(H,39,40)(H,31,34,35,38);1-8,10,17,36H,9,11H2,(H,32,37)(H,39,40)(H,30,33,34,38);2*1H3/t18-;17-;;/m10../s1. The predicted molar refractivity (Wildman–Crippen MR) is 288 cm³/mol. The van der Waals surface area contributed by atoms with E-state index in [-0.39, 0.29) is 97.7 Å². The van der Waals surface area contributed by atoms with E-state index in [0.717, 1.165) is 66.5 Å². The highest BCUT2D eigenvalue weighted by molar-refractivity contribution is 6.28. The van der Waals surface area contributed by atoms with E-state index in [9.17, 15) is 80.0 Å². The van der Waals surface area contributed by atoms with Crippen LogP contribution in [0.25, 0.3) is 22.3 Å². The number of H-pyrrole nitrogens is 2. The van der Waals surface area contributed by atoms with Gasteiger partial charge in [-0.3, -0.25) is 48.5 Å². The molecular weight excluding hydrogens is 1170 g/mol. The predicted octanol–water partition coefficient (Wildman–Crippen LogP) is 6.11. The van der Waals surface area contributed by atoms with Gasteiger partial charge < -0.3 is 38.3 Å². The van der Waals surface area contributed by atoms with Gasteiger partial charge in [0.25, 0.3) is 22.9 Å². The molecule has 0 saturated carbocycles. The fraction of sp³-hybridized carbons (Fsp3) is 0.176. The summed E-state index contributed by atoms with van der Waals surface area (Å²) in [5.74, 6) is -8.73. The number of phenolic OH excluding ortho intramolecular Hbond substituents is 1. The molecule has 8 rings (SSSR count). The van der Waals surface area contributed by atoms with Crippen molar-refractivity contribution in [3.63, 3.8) is 0 Å². The van der Waals surface area contributed by atoms with Gasteiger partial charge in [-0.05, 0) is 102 Å². The van der Waals surface area contributed by atoms with Crippen molar-refractivity contribution >= 4 is 92.5 Å². The van der Waals surface area contributed by atoms with Crippen molar-refractivity contribution < 1.29 is 70.4 Å². The van der Waals surface area contributed by atoms with Gasteiger partial charge in [-0.1, -0.05) is 42.0 Å². The van der Waals surface area contributed by atoms with E-state index in [1.54, 1.807) is 24.3 Å². The molecule has 0 aliphatic carbocycles. The van der Waals surface area contributed by atoms with Gasteiger partial charge in [0.2, 0.25) is 10.6 Å². The maximum atomic E-state index is 13.5. The number of halogens is 8. The molecule has 0 unspecified atom stereocenters. The number of fused-ring (bicyclic) bond motifs is 2. The molecule has 0 bridgehead atoms. The second-order valence-corrected chi connectivity index (χ2v) is 18.2. The van der Waals surface area contributed by atoms with Gasteiger partial charge in [0.1, 0.15) is 17.8 Å². The zero-order valence-electron chi connectivity index (χ0n) is 43.0. The number of aliphatic carboxylic acids is 2. The zero-order valence-corrected chi connectivity index (χ0v) is 44.5. The molecule has 0 aliphatic rings. The molecular formula is C51H44Cl2F6N14O11. The molecule has 8 aromatic rings. The Kier molecular flexibility index (Phi) is 21.0. The lowest BCUT2D eigenvalue weighted by Gasteiger charge is -2.24. The third-order valence-electron chi connectivity index (χ3n) is 11.5. The molecule has 440 valence electrons. The third kappa shape index (κ3) is 16.6. The van der Waals surface area contributed by atoms with E-state index in [4.69, 9.17) is 23.2 Å². The second-order valence-electron chi connectivity index (χ2n) is 17.4. The van der Waals surface area contributed by atoms with Crippen LogP contribution in [0.1, 0.15) is 48.8 Å². The number of phenols is 1. The first-order valence-electron chi connectivity index (χ1n) is 23.3. The number of carboxylic acid groups (broad SMARTS) is 2. The van der Waals surface area contributed by atoms with Crippen molar-refractivity contribution in [2.45, 2.75) is 57.3 Å². The molecule has 25 nitrogen and oxygen atoms in total. The summed E-state index contributed by atoms with van der Waals surface area (Å²) < 4.78 is 80.7. The fourth-order valence-electron chi connectivity index (χ4n) is 7.49. The van der Waals surface area contributed by atoms with Gasteiger partial charge in [-0.2, -0.15) is 36.3 Å². The highest BCUT2D eigenvalue weighted by Gasteiger charge is 2.44. The second kappa shape index (κ2) is 27.2. The first-order valence-corrected chi connectivity index (χ1v) is 24.1. The Morgan fingerprint density at radius 1 is 0.560 bits per heavy atom. The van der Waals surface area contributed by atoms with E-state index in [2.05, 4.69) is 50.5 Å². The van der Waals surface area contributed by atoms with Crippen LogP contribution in [0.3, 0.4) is 0 Å². The fourth-order valence-corrected chi connectivity index (χ4v) is 7.83. The molecule has 0 spiro atoms. The summed E-state index contributed by atoms with van der Waals surface area (Å²) >= 11 is 11.3. The molecule has 0 radical (unpaired) electrons. The number of hydrogen-bond donors (Lipinski definition) is 9. The summed E-state index contributed by atoms with van der Waals surface area (Å²) in [4.78, 5) is 126. The third-order valence-corrected chi connectivity index (χ3v) is 11.9. The maximum absolute atomic E-state index is 13.5. The molecule has 0 saturated heterocycles. The first kappa shape index (κ1) is 64.8. The number of alkyl halides is 6. The van der Waals surface area contributed by atoms with Crippen LogP contribution < -0.4 is 43.9 Å². The Morgan fingerprint density at radius 3 is 1.24 bits per heavy atom. The lowest BCUT2D eigenvalue weighted by atomic mass is 10.0. The number of aromatic hydroxyl groups is 1. The van der Waals surface area contributed by atoms with Crippen molar-refractivity contribution in [1.29, 1.82) is 0 Å². The molecule has 4 aromatic heterocycles. The Hall–Kier alpha value is -9.98. The molecule has 0 fully saturated rings. The summed E-state index contributed by atoms with van der Waals surface area (Å²) in [6.07, 6.45) is -8.57. The number of aryl methyl sites for hydroxylation is 1. The number of anilines is 2. The molecule has 4 heterocycles. The van der Waals surface area contributed by atoms with Gasteiger partial charge in [-0.15, -0.1) is 0 Å². The molecule has 2 atom stereocenters. The number of hydrogen-bond acceptors (Lipinski definition) is 17. The van der Waals surface area contributed by atoms with Crippen molar-refractivity contribution in [1.82, 2.24) is 62.8 Å². The SMILES string of the molecule is Cc1ccc(C[C@@H](NC(=O)c2ccc(N(Cc3cnc4nc(Cl)[nH]c(=O)c4n3)C(=O)C(F)(F)F)cc2)C(=O)O)cc1.N.N.O=C(N[C@@H](Cc1ccc(O)cc1)C(=O)O)c1ccc(N(Cc2cnc3nc(Cl)[nH]c(=O)c3n2)C(=O)C(F)(F)F)cc1. The smallest absolute Gasteiger partial charge is 0.471 e. The number of nitrogens with one attached hydrogen (secondary N) is 4. The van der Waals surface area contributed by atoms with Crippen LogP contribution in [0.2, 0.25) is 10.6 Å². The Labute approximate surface area is 476 Å². The van der Waals surface area contributed by atoms with Gasteiger partial charge >= 0.3 is 36.1 Å². The molecule has 4 aromatic carbocycles. The Morgan fingerprint density at radius 2 is 0.905 bits per heavy atom. The van der Waals surface area contributed by atoms with Gasteiger partial charge in [0, 0.05) is 35.3 Å². The van der Waals surface area contributed by atoms with E-state index in [0.29, 0.717) is 20.9 Å². The number of rotatable bonds is 16. The number of carbonyl (C=O) groups excluding carboxylic acids is 4. The highest BCUT2D eigenvalue weighted by atomic mass is 35.5. The molecule has 33 heteroatoms. The van der Waals surface area contributed by atoms with Gasteiger partial charge in [0.05, 0.1) is 36.9 Å². The average molecular weight is 1210 g/mol. The highest BCUT2D eigenvalue weighted by Crippen LogP contribution is 2.28. The van der Waals surface area contributed by atoms with Gasteiger partial charge in [-0.25, -0.2) is 29.5 Å². The maximum Gasteiger partial charge on any atom is 0.471 e. The van der Waals surface area contributed by atoms with E-state index >= 15 is 0 Å². The normalized spacial score (nSPS) is 11.8. The molecule has 13 N–H and O–H groups in total. The van der Waals surface area contributed by atoms with Crippen LogP contribution in [0.4, 0.5) is 37.7 Å². The number of nitrogens with zero attached hydrogens (tertiary/aromatic N) is 8. The zero-order chi connectivity index (χ0) is 59.8. The summed E-state index contributed by atoms with van der Waals surface area (Å²) in [6, 6.07) is 19.0. The summed E-state index contributed by atoms with van der Waals surface area (Å²) in [6.45, 7) is 0.395. The minimum absolute atomic E-state index is 0. The van der Waals surface area contributed by atoms with Crippen LogP contribution >= 0.6 is 23.2 Å². The summed E-state index contributed by atoms with van der Waals surface area (Å²) in [5, 5.41) is 32.7. The van der Waals surface area contributed by atoms with Crippen molar-refractivity contribution in [3.8, 4) is 5.75 Å². The topological polar surface area (TPSA) is 407 Å². The van der Waals surface area contributed by atoms with Crippen LogP contribution in [0.5, 0.6) is 5.75 Å². The number of amides is 4. The van der Waals surface area contributed by atoms with Crippen molar-refractivity contribution in [3.05, 3.63) is 180 Å². The Balaban J connectivity index is 0.000000300. The lowest BCUT2D eigenvalue weighted by Crippen LogP contribution is -2.42. The largest absolute Gasteiger partial charge is 0.508 e. The average Bonchev–Trinajstić information content (AvgIpc) is 3.25. The molecule has 0 aliphatic heterocycles. The molecule has 4 amide bonds. The summed E-state index contributed by atoms with van der Waals surface area (Å²) in [7, 11) is 0. The van der Waals surface area contributed by atoms with Crippen LogP contribution in [-0.4, -0.2) is 115 Å². The summed E-state index contributed by atoms with van der Waals surface area (Å²) in [5.41, 5.74) is -1.29. The van der Waals surface area contributed by atoms with Crippen LogP contribution in [0.15, 0.2) is 119 Å². The number of carbonyl (C=O) groups is 6. The molecule has 84 heavy (non-hydrogen) atoms. The van der Waals surface area contributed by atoms with Crippen molar-refractivity contribution in [2.75, 3.05) is 9.80 Å². The lowest BCUT2D eigenvalue weighted by molar-refractivity contribution is -0.170. The van der Waals surface area contributed by atoms with E-state index < -0.39 is 84.2 Å². The van der Waals surface area contributed by atoms with Crippen LogP contribution in [0, 0.1) is 6.92 Å². The van der Waals surface area contributed by atoms with E-state index in [1.165, 1.54) is 24.3 Å². The minimum Gasteiger partial charge on any atom is -0.508 e. The quantitative estimate of drug-likeness (QED) is 0.0389.